The third-order valence-corrected chi connectivity index (χ3v) is 6.31. The van der Waals surface area contributed by atoms with Gasteiger partial charge in [0.15, 0.2) is 0 Å². The maximum absolute atomic E-state index is 5.93. The topological polar surface area (TPSA) is 71.2 Å². The van der Waals surface area contributed by atoms with Crippen LogP contribution in [-0.2, 0) is 20.7 Å². The molecule has 0 radical (unpaired) electrons. The lowest BCUT2D eigenvalue weighted by Gasteiger charge is -2.10. The Hall–Kier alpha value is -4.26. The molecule has 7 nitrogen and oxygen atoms in total. The Labute approximate surface area is 264 Å². The van der Waals surface area contributed by atoms with E-state index in [-0.39, 0.29) is 0 Å². The molecule has 44 heavy (non-hydrogen) atoms. The van der Waals surface area contributed by atoms with E-state index in [1.54, 1.807) is 17.2 Å². The Bertz CT molecular complexity index is 1670. The third-order valence-electron chi connectivity index (χ3n) is 6.31. The van der Waals surface area contributed by atoms with Crippen LogP contribution in [0.5, 0.6) is 5.75 Å². The molecule has 0 unspecified atom stereocenters. The average molecular weight is 603 g/mol. The predicted molar refractivity (Wildman–Crippen MR) is 187 cm³/mol. The van der Waals surface area contributed by atoms with Crippen LogP contribution in [0.2, 0.25) is 0 Å². The van der Waals surface area contributed by atoms with Crippen molar-refractivity contribution < 1.29 is 13.6 Å². The van der Waals surface area contributed by atoms with Gasteiger partial charge in [-0.05, 0) is 79.8 Å². The van der Waals surface area contributed by atoms with Gasteiger partial charge in [-0.2, -0.15) is 10.2 Å². The molecule has 0 amide bonds. The van der Waals surface area contributed by atoms with Crippen molar-refractivity contribution in [3.63, 3.8) is 0 Å². The van der Waals surface area contributed by atoms with Crippen molar-refractivity contribution in [1.82, 2.24) is 19.6 Å². The van der Waals surface area contributed by atoms with Gasteiger partial charge in [-0.25, -0.2) is 0 Å². The van der Waals surface area contributed by atoms with Crippen molar-refractivity contribution in [2.75, 3.05) is 0 Å². The molecule has 0 atom stereocenters. The van der Waals surface area contributed by atoms with Gasteiger partial charge in [0.1, 0.15) is 23.5 Å². The fourth-order valence-corrected chi connectivity index (χ4v) is 4.76. The van der Waals surface area contributed by atoms with E-state index in [1.807, 2.05) is 125 Å². The number of aromatic nitrogens is 4. The van der Waals surface area contributed by atoms with Crippen LogP contribution >= 0.6 is 0 Å². The summed E-state index contributed by atoms with van der Waals surface area (Å²) < 4.78 is 20.6. The summed E-state index contributed by atoms with van der Waals surface area (Å²) in [5, 5.41) is 10.7. The van der Waals surface area contributed by atoms with Gasteiger partial charge in [0.25, 0.3) is 0 Å². The molecule has 6 aromatic rings. The van der Waals surface area contributed by atoms with Gasteiger partial charge >= 0.3 is 0 Å². The molecule has 7 heteroatoms. The Morgan fingerprint density at radius 3 is 1.75 bits per heavy atom. The molecule has 0 fully saturated rings. The molecular weight excluding hydrogens is 548 g/mol. The number of ether oxygens (including phenoxy) is 1. The summed E-state index contributed by atoms with van der Waals surface area (Å²) in [6.07, 6.45) is 9.28. The monoisotopic (exact) mass is 602 g/mol. The number of fused-ring (bicyclic) bond motifs is 2. The van der Waals surface area contributed by atoms with Crippen LogP contribution in [0.1, 0.15) is 83.3 Å². The summed E-state index contributed by atoms with van der Waals surface area (Å²) in [6.45, 7) is 24.8. The predicted octanol–water partition coefficient (Wildman–Crippen LogP) is 10.9. The molecule has 0 aliphatic rings. The van der Waals surface area contributed by atoms with E-state index in [2.05, 4.69) is 36.2 Å². The van der Waals surface area contributed by atoms with Crippen LogP contribution in [0.15, 0.2) is 70.3 Å². The molecule has 4 aromatic heterocycles. The number of hydrogen-bond donors (Lipinski definition) is 0. The molecule has 6 rings (SSSR count). The Morgan fingerprint density at radius 1 is 0.682 bits per heavy atom. The zero-order valence-corrected chi connectivity index (χ0v) is 29.5. The number of nitrogens with zero attached hydrogens (tertiary/aromatic N) is 4. The van der Waals surface area contributed by atoms with Crippen LogP contribution < -0.4 is 4.74 Å². The minimum absolute atomic E-state index is 0.463. The lowest BCUT2D eigenvalue weighted by Crippen LogP contribution is -2.00. The zero-order chi connectivity index (χ0) is 33.4. The van der Waals surface area contributed by atoms with Crippen molar-refractivity contribution in [2.24, 2.45) is 14.1 Å². The van der Waals surface area contributed by atoms with Crippen LogP contribution in [0, 0.1) is 27.7 Å². The quantitative estimate of drug-likeness (QED) is 0.201. The first-order valence-electron chi connectivity index (χ1n) is 15.9. The Morgan fingerprint density at radius 2 is 1.23 bits per heavy atom. The van der Waals surface area contributed by atoms with Gasteiger partial charge < -0.3 is 13.6 Å². The summed E-state index contributed by atoms with van der Waals surface area (Å²) in [7, 11) is 3.83. The number of hydrogen-bond acceptors (Lipinski definition) is 5. The van der Waals surface area contributed by atoms with E-state index in [0.29, 0.717) is 6.61 Å². The molecule has 4 heterocycles. The zero-order valence-electron chi connectivity index (χ0n) is 29.5. The Kier molecular flexibility index (Phi) is 16.4. The first kappa shape index (κ1) is 37.8. The molecule has 0 N–H and O–H groups in total. The number of rotatable bonds is 4. The van der Waals surface area contributed by atoms with Gasteiger partial charge in [-0.15, -0.1) is 0 Å². The summed E-state index contributed by atoms with van der Waals surface area (Å²) in [5.41, 5.74) is 9.80. The highest BCUT2D eigenvalue weighted by molar-refractivity contribution is 5.97. The number of benzene rings is 2. The molecule has 0 aliphatic heterocycles. The highest BCUT2D eigenvalue weighted by atomic mass is 16.5. The third kappa shape index (κ3) is 9.12. The average Bonchev–Trinajstić information content (AvgIpc) is 3.86. The molecule has 2 aromatic carbocycles. The highest BCUT2D eigenvalue weighted by Gasteiger charge is 2.14. The molecule has 0 saturated carbocycles. The highest BCUT2D eigenvalue weighted by Crippen LogP contribution is 2.35. The second-order valence-electron chi connectivity index (χ2n) is 9.22. The summed E-state index contributed by atoms with van der Waals surface area (Å²) >= 11 is 0. The SMILES string of the molecule is CC.CC.CC.CC.Cc1cc(C)c2occc2c1-c1cnn(C)c1.Cc1cc(C)c2occc2c1OCc1ccn(C)n1. The first-order valence-corrected chi connectivity index (χ1v) is 15.9. The van der Waals surface area contributed by atoms with Crippen molar-refractivity contribution in [3.8, 4) is 16.9 Å². The summed E-state index contributed by atoms with van der Waals surface area (Å²) in [4.78, 5) is 0. The normalized spacial score (nSPS) is 9.68. The minimum atomic E-state index is 0.463. The number of furan rings is 2. The fourth-order valence-electron chi connectivity index (χ4n) is 4.76. The van der Waals surface area contributed by atoms with E-state index in [1.165, 1.54) is 16.7 Å². The smallest absolute Gasteiger partial charge is 0.140 e. The van der Waals surface area contributed by atoms with E-state index >= 15 is 0 Å². The van der Waals surface area contributed by atoms with Gasteiger partial charge in [0, 0.05) is 37.4 Å². The van der Waals surface area contributed by atoms with Gasteiger partial charge in [-0.1, -0.05) is 61.5 Å². The van der Waals surface area contributed by atoms with Crippen molar-refractivity contribution in [3.05, 3.63) is 89.4 Å². The molecule has 0 aliphatic carbocycles. The van der Waals surface area contributed by atoms with Crippen molar-refractivity contribution >= 4 is 21.9 Å². The minimum Gasteiger partial charge on any atom is -0.486 e. The van der Waals surface area contributed by atoms with Gasteiger partial charge in [0.2, 0.25) is 0 Å². The van der Waals surface area contributed by atoms with Gasteiger partial charge in [-0.3, -0.25) is 9.36 Å². The van der Waals surface area contributed by atoms with E-state index in [0.717, 1.165) is 50.1 Å². The van der Waals surface area contributed by atoms with Crippen molar-refractivity contribution in [1.29, 1.82) is 0 Å². The first-order chi connectivity index (χ1) is 21.3. The lowest BCUT2D eigenvalue weighted by atomic mass is 9.97. The van der Waals surface area contributed by atoms with E-state index in [4.69, 9.17) is 13.6 Å². The molecule has 0 spiro atoms. The molecule has 240 valence electrons. The fraction of sp³-hybridized carbons (Fsp3) is 0.405. The second-order valence-corrected chi connectivity index (χ2v) is 9.22. The number of aryl methyl sites for hydroxylation is 6. The molecule has 0 bridgehead atoms. The van der Waals surface area contributed by atoms with E-state index in [9.17, 15) is 0 Å². The largest absolute Gasteiger partial charge is 0.486 e. The summed E-state index contributed by atoms with van der Waals surface area (Å²) in [5.74, 6) is 0.875. The lowest BCUT2D eigenvalue weighted by molar-refractivity contribution is 0.301. The standard InChI is InChI=1S/C15H16N2O2.C14H14N2O.4C2H6/c1-10-8-11(2)15(13-5-7-18-14(10)13)19-9-12-4-6-17(3)16-12;1-9-6-10(2)14-12(4-5-17-14)13(9)11-7-15-16(3)8-11;4*1-2/h4-8H,9H2,1-3H3;4-8H,1-3H3;4*1-2H3. The molecule has 0 saturated heterocycles. The van der Waals surface area contributed by atoms with Gasteiger partial charge in [0.05, 0.1) is 29.8 Å². The maximum Gasteiger partial charge on any atom is 0.140 e. The summed E-state index contributed by atoms with van der Waals surface area (Å²) in [6, 6.07) is 10.2. The van der Waals surface area contributed by atoms with E-state index < -0.39 is 0 Å². The Balaban J connectivity index is 0.000000361. The van der Waals surface area contributed by atoms with Crippen LogP contribution in [0.4, 0.5) is 0 Å². The van der Waals surface area contributed by atoms with Crippen LogP contribution in [-0.4, -0.2) is 19.6 Å². The second kappa shape index (κ2) is 19.1. The maximum atomic E-state index is 5.93. The van der Waals surface area contributed by atoms with Crippen LogP contribution in [0.3, 0.4) is 0 Å². The molecular formula is C37H54N4O3. The van der Waals surface area contributed by atoms with Crippen molar-refractivity contribution in [2.45, 2.75) is 89.7 Å². The van der Waals surface area contributed by atoms with Crippen LogP contribution in [0.25, 0.3) is 33.1 Å².